The lowest BCUT2D eigenvalue weighted by Gasteiger charge is -2.19. The topological polar surface area (TPSA) is 80.9 Å². The minimum atomic E-state index is -0.417. The Labute approximate surface area is 156 Å². The molecule has 4 rings (SSSR count). The standard InChI is InChI=1S/C21H21NO5/c1-13-17(23)4-3-16-15(11-20(24)27-21(13)16)12-22-7-6-14-2-5-18-19(10-14)26-9-8-25-18/h2-5,10-11,22-23H,6-9,12H2,1H3. The fraction of sp³-hybridized carbons (Fsp3) is 0.286. The van der Waals surface area contributed by atoms with E-state index in [1.165, 1.54) is 6.07 Å². The molecule has 3 aromatic rings. The average Bonchev–Trinajstić information content (AvgIpc) is 2.68. The van der Waals surface area contributed by atoms with Crippen molar-refractivity contribution in [2.24, 2.45) is 0 Å². The van der Waals surface area contributed by atoms with E-state index in [-0.39, 0.29) is 5.75 Å². The molecular formula is C21H21NO5. The first-order valence-corrected chi connectivity index (χ1v) is 8.96. The molecule has 0 atom stereocenters. The first kappa shape index (κ1) is 17.4. The lowest BCUT2D eigenvalue weighted by Crippen LogP contribution is -2.18. The zero-order valence-corrected chi connectivity index (χ0v) is 15.1. The van der Waals surface area contributed by atoms with Crippen LogP contribution in [0.25, 0.3) is 11.0 Å². The maximum Gasteiger partial charge on any atom is 0.336 e. The number of phenols is 1. The van der Waals surface area contributed by atoms with Gasteiger partial charge in [-0.2, -0.15) is 0 Å². The van der Waals surface area contributed by atoms with Gasteiger partial charge in [-0.05, 0) is 55.3 Å². The van der Waals surface area contributed by atoms with Crippen LogP contribution in [0.3, 0.4) is 0 Å². The van der Waals surface area contributed by atoms with E-state index in [9.17, 15) is 9.90 Å². The molecule has 1 aliphatic rings. The second kappa shape index (κ2) is 7.32. The predicted molar refractivity (Wildman–Crippen MR) is 102 cm³/mol. The third kappa shape index (κ3) is 3.61. The Hall–Kier alpha value is -2.99. The highest BCUT2D eigenvalue weighted by molar-refractivity contribution is 5.84. The Bertz CT molecular complexity index is 1040. The first-order valence-electron chi connectivity index (χ1n) is 8.96. The van der Waals surface area contributed by atoms with Crippen molar-refractivity contribution in [1.29, 1.82) is 0 Å². The summed E-state index contributed by atoms with van der Waals surface area (Å²) < 4.78 is 16.4. The normalized spacial score (nSPS) is 13.1. The molecule has 140 valence electrons. The average molecular weight is 367 g/mol. The van der Waals surface area contributed by atoms with Gasteiger partial charge < -0.3 is 24.3 Å². The van der Waals surface area contributed by atoms with Gasteiger partial charge >= 0.3 is 5.63 Å². The Kier molecular flexibility index (Phi) is 4.73. The van der Waals surface area contributed by atoms with Crippen molar-refractivity contribution < 1.29 is 19.0 Å². The second-order valence-corrected chi connectivity index (χ2v) is 6.58. The molecule has 0 fully saturated rings. The van der Waals surface area contributed by atoms with E-state index in [1.807, 2.05) is 18.2 Å². The maximum absolute atomic E-state index is 11.9. The zero-order chi connectivity index (χ0) is 18.8. The van der Waals surface area contributed by atoms with Crippen LogP contribution in [0.1, 0.15) is 16.7 Å². The molecule has 6 heteroatoms. The Morgan fingerprint density at radius 3 is 2.74 bits per heavy atom. The van der Waals surface area contributed by atoms with E-state index < -0.39 is 5.63 Å². The third-order valence-corrected chi connectivity index (χ3v) is 4.73. The molecule has 0 radical (unpaired) electrons. The van der Waals surface area contributed by atoms with Crippen molar-refractivity contribution in [3.05, 3.63) is 63.5 Å². The fourth-order valence-corrected chi connectivity index (χ4v) is 3.26. The largest absolute Gasteiger partial charge is 0.508 e. The van der Waals surface area contributed by atoms with Gasteiger partial charge in [-0.25, -0.2) is 4.79 Å². The predicted octanol–water partition coefficient (Wildman–Crippen LogP) is 2.91. The lowest BCUT2D eigenvalue weighted by atomic mass is 10.1. The number of phenolic OH excluding ortho intramolecular Hbond substituents is 1. The molecule has 0 aliphatic carbocycles. The summed E-state index contributed by atoms with van der Waals surface area (Å²) in [5, 5.41) is 14.0. The minimum absolute atomic E-state index is 0.120. The minimum Gasteiger partial charge on any atom is -0.508 e. The van der Waals surface area contributed by atoms with Gasteiger partial charge in [0.25, 0.3) is 0 Å². The number of fused-ring (bicyclic) bond motifs is 2. The molecule has 0 unspecified atom stereocenters. The Balaban J connectivity index is 1.44. The molecule has 0 spiro atoms. The lowest BCUT2D eigenvalue weighted by molar-refractivity contribution is 0.171. The summed E-state index contributed by atoms with van der Waals surface area (Å²) in [7, 11) is 0. The Morgan fingerprint density at radius 2 is 1.89 bits per heavy atom. The van der Waals surface area contributed by atoms with Crippen molar-refractivity contribution in [3.63, 3.8) is 0 Å². The monoisotopic (exact) mass is 367 g/mol. The molecule has 2 N–H and O–H groups in total. The number of benzene rings is 2. The highest BCUT2D eigenvalue weighted by Crippen LogP contribution is 2.31. The molecule has 1 aliphatic heterocycles. The van der Waals surface area contributed by atoms with Crippen LogP contribution in [0.15, 0.2) is 45.6 Å². The number of hydrogen-bond donors (Lipinski definition) is 2. The molecule has 2 aromatic carbocycles. The summed E-state index contributed by atoms with van der Waals surface area (Å²) in [5.74, 6) is 1.70. The Morgan fingerprint density at radius 1 is 1.07 bits per heavy atom. The van der Waals surface area contributed by atoms with Crippen LogP contribution in [0, 0.1) is 6.92 Å². The molecule has 0 bridgehead atoms. The number of ether oxygens (including phenoxy) is 2. The van der Waals surface area contributed by atoms with Crippen molar-refractivity contribution in [3.8, 4) is 17.2 Å². The van der Waals surface area contributed by atoms with E-state index in [2.05, 4.69) is 5.32 Å². The number of hydrogen-bond acceptors (Lipinski definition) is 6. The summed E-state index contributed by atoms with van der Waals surface area (Å²) in [6.45, 7) is 4.19. The van der Waals surface area contributed by atoms with Crippen LogP contribution >= 0.6 is 0 Å². The summed E-state index contributed by atoms with van der Waals surface area (Å²) in [4.78, 5) is 11.9. The quantitative estimate of drug-likeness (QED) is 0.533. The number of rotatable bonds is 5. The molecule has 2 heterocycles. The number of aromatic hydroxyl groups is 1. The van der Waals surface area contributed by atoms with Crippen LogP contribution in [0.4, 0.5) is 0 Å². The van der Waals surface area contributed by atoms with Gasteiger partial charge in [0, 0.05) is 23.6 Å². The maximum atomic E-state index is 11.9. The zero-order valence-electron chi connectivity index (χ0n) is 15.1. The SMILES string of the molecule is Cc1c(O)ccc2c(CNCCc3ccc4c(c3)OCCO4)cc(=O)oc12. The van der Waals surface area contributed by atoms with E-state index in [0.717, 1.165) is 41.0 Å². The van der Waals surface area contributed by atoms with Crippen molar-refractivity contribution in [2.45, 2.75) is 19.9 Å². The summed E-state index contributed by atoms with van der Waals surface area (Å²) in [5.41, 5.74) is 2.60. The van der Waals surface area contributed by atoms with Gasteiger partial charge in [-0.1, -0.05) is 6.07 Å². The van der Waals surface area contributed by atoms with Gasteiger partial charge in [-0.15, -0.1) is 0 Å². The summed E-state index contributed by atoms with van der Waals surface area (Å²) >= 11 is 0. The highest BCUT2D eigenvalue weighted by atomic mass is 16.6. The molecule has 27 heavy (non-hydrogen) atoms. The molecule has 1 aromatic heterocycles. The molecule has 0 amide bonds. The molecule has 0 saturated heterocycles. The van der Waals surface area contributed by atoms with Crippen molar-refractivity contribution in [1.82, 2.24) is 5.32 Å². The number of aryl methyl sites for hydroxylation is 1. The third-order valence-electron chi connectivity index (χ3n) is 4.73. The van der Waals surface area contributed by atoms with Crippen LogP contribution in [0.2, 0.25) is 0 Å². The summed E-state index contributed by atoms with van der Waals surface area (Å²) in [6, 6.07) is 10.9. The van der Waals surface area contributed by atoms with Crippen LogP contribution in [-0.2, 0) is 13.0 Å². The number of nitrogens with one attached hydrogen (secondary N) is 1. The molecular weight excluding hydrogens is 346 g/mol. The van der Waals surface area contributed by atoms with Gasteiger partial charge in [0.15, 0.2) is 11.5 Å². The van der Waals surface area contributed by atoms with Gasteiger partial charge in [0.2, 0.25) is 0 Å². The van der Waals surface area contributed by atoms with E-state index in [0.29, 0.717) is 30.9 Å². The molecule has 6 nitrogen and oxygen atoms in total. The van der Waals surface area contributed by atoms with E-state index in [1.54, 1.807) is 19.1 Å². The highest BCUT2D eigenvalue weighted by Gasteiger charge is 2.12. The van der Waals surface area contributed by atoms with Crippen LogP contribution in [0.5, 0.6) is 17.2 Å². The van der Waals surface area contributed by atoms with Crippen molar-refractivity contribution in [2.75, 3.05) is 19.8 Å². The van der Waals surface area contributed by atoms with Crippen LogP contribution in [-0.4, -0.2) is 24.9 Å². The second-order valence-electron chi connectivity index (χ2n) is 6.58. The van der Waals surface area contributed by atoms with Gasteiger partial charge in [-0.3, -0.25) is 0 Å². The van der Waals surface area contributed by atoms with E-state index >= 15 is 0 Å². The summed E-state index contributed by atoms with van der Waals surface area (Å²) in [6.07, 6.45) is 0.829. The van der Waals surface area contributed by atoms with Crippen LogP contribution < -0.4 is 20.4 Å². The van der Waals surface area contributed by atoms with Crippen molar-refractivity contribution >= 4 is 11.0 Å². The first-order chi connectivity index (χ1) is 13.1. The smallest absolute Gasteiger partial charge is 0.336 e. The van der Waals surface area contributed by atoms with E-state index in [4.69, 9.17) is 13.9 Å². The fourth-order valence-electron chi connectivity index (χ4n) is 3.26. The van der Waals surface area contributed by atoms with Gasteiger partial charge in [0.1, 0.15) is 24.5 Å². The molecule has 0 saturated carbocycles. The van der Waals surface area contributed by atoms with Gasteiger partial charge in [0.05, 0.1) is 0 Å².